The molecule has 0 unspecified atom stereocenters. The first kappa shape index (κ1) is 18.0. The Labute approximate surface area is 142 Å². The summed E-state index contributed by atoms with van der Waals surface area (Å²) >= 11 is 0. The number of amides is 1. The van der Waals surface area contributed by atoms with Crippen molar-refractivity contribution in [3.63, 3.8) is 0 Å². The Balaban J connectivity index is 2.11. The lowest BCUT2D eigenvalue weighted by Crippen LogP contribution is -2.38. The van der Waals surface area contributed by atoms with E-state index in [1.807, 2.05) is 26.8 Å². The second-order valence-electron chi connectivity index (χ2n) is 6.39. The summed E-state index contributed by atoms with van der Waals surface area (Å²) in [7, 11) is 0. The zero-order valence-electron chi connectivity index (χ0n) is 14.7. The summed E-state index contributed by atoms with van der Waals surface area (Å²) in [6.45, 7) is 8.05. The Bertz CT molecular complexity index is 764. The first-order valence-electron chi connectivity index (χ1n) is 8.39. The fraction of sp³-hybridized carbons (Fsp3) is 0.474. The van der Waals surface area contributed by atoms with Gasteiger partial charge in [0.25, 0.3) is 5.91 Å². The van der Waals surface area contributed by atoms with E-state index in [0.717, 1.165) is 23.8 Å². The van der Waals surface area contributed by atoms with Gasteiger partial charge in [0.1, 0.15) is 11.3 Å². The minimum atomic E-state index is -0.369. The largest absolute Gasteiger partial charge is 0.484 e. The molecule has 1 aromatic carbocycles. The smallest absolute Gasteiger partial charge is 0.336 e. The van der Waals surface area contributed by atoms with Crippen LogP contribution in [-0.2, 0) is 11.2 Å². The second-order valence-corrected chi connectivity index (χ2v) is 6.39. The van der Waals surface area contributed by atoms with Gasteiger partial charge in [0.15, 0.2) is 6.61 Å². The molecule has 5 heteroatoms. The minimum Gasteiger partial charge on any atom is -0.484 e. The number of aryl methyl sites for hydroxylation is 1. The van der Waals surface area contributed by atoms with Gasteiger partial charge in [-0.3, -0.25) is 4.79 Å². The molecule has 2 rings (SSSR count). The second kappa shape index (κ2) is 7.99. The van der Waals surface area contributed by atoms with Crippen LogP contribution in [0.2, 0.25) is 0 Å². The van der Waals surface area contributed by atoms with Crippen molar-refractivity contribution in [2.75, 3.05) is 6.61 Å². The van der Waals surface area contributed by atoms with Gasteiger partial charge >= 0.3 is 5.63 Å². The molecule has 1 aromatic heterocycles. The molecule has 0 aliphatic carbocycles. The molecule has 0 aliphatic heterocycles. The van der Waals surface area contributed by atoms with Gasteiger partial charge in [-0.1, -0.05) is 27.2 Å². The van der Waals surface area contributed by atoms with Crippen LogP contribution in [0, 0.1) is 5.92 Å². The maximum absolute atomic E-state index is 11.9. The van der Waals surface area contributed by atoms with Gasteiger partial charge in [-0.2, -0.15) is 0 Å². The molecular weight excluding hydrogens is 306 g/mol. The molecule has 0 saturated carbocycles. The molecule has 2 aromatic rings. The molecule has 0 bridgehead atoms. The van der Waals surface area contributed by atoms with Crippen molar-refractivity contribution in [3.8, 4) is 5.75 Å². The summed E-state index contributed by atoms with van der Waals surface area (Å²) in [5.41, 5.74) is 1.09. The SMILES string of the molecule is CCCc1cc(=O)oc2cc(OCC(=O)N[C@H](C)C(C)C)ccc12. The van der Waals surface area contributed by atoms with Crippen molar-refractivity contribution in [1.29, 1.82) is 0 Å². The molecule has 1 heterocycles. The average molecular weight is 331 g/mol. The molecule has 0 fully saturated rings. The number of carbonyl (C=O) groups excluding carboxylic acids is 1. The lowest BCUT2D eigenvalue weighted by atomic mass is 10.1. The van der Waals surface area contributed by atoms with E-state index in [-0.39, 0.29) is 24.2 Å². The van der Waals surface area contributed by atoms with Crippen molar-refractivity contribution in [2.45, 2.75) is 46.6 Å². The molecule has 130 valence electrons. The zero-order chi connectivity index (χ0) is 17.7. The van der Waals surface area contributed by atoms with Crippen molar-refractivity contribution in [2.24, 2.45) is 5.92 Å². The topological polar surface area (TPSA) is 68.5 Å². The Morgan fingerprint density at radius 1 is 1.25 bits per heavy atom. The summed E-state index contributed by atoms with van der Waals surface area (Å²) in [5, 5.41) is 3.79. The molecule has 0 spiro atoms. The molecule has 1 amide bonds. The van der Waals surface area contributed by atoms with Crippen molar-refractivity contribution < 1.29 is 13.9 Å². The third kappa shape index (κ3) is 4.60. The monoisotopic (exact) mass is 331 g/mol. The van der Waals surface area contributed by atoms with Gasteiger partial charge in [0, 0.05) is 23.6 Å². The minimum absolute atomic E-state index is 0.0680. The Morgan fingerprint density at radius 3 is 2.67 bits per heavy atom. The van der Waals surface area contributed by atoms with Crippen molar-refractivity contribution in [1.82, 2.24) is 5.32 Å². The van der Waals surface area contributed by atoms with Crippen LogP contribution in [0.1, 0.15) is 39.7 Å². The van der Waals surface area contributed by atoms with Crippen LogP contribution in [-0.4, -0.2) is 18.6 Å². The van der Waals surface area contributed by atoms with Crippen LogP contribution in [0.3, 0.4) is 0 Å². The number of hydrogen-bond donors (Lipinski definition) is 1. The zero-order valence-corrected chi connectivity index (χ0v) is 14.7. The summed E-state index contributed by atoms with van der Waals surface area (Å²) in [6.07, 6.45) is 1.77. The summed E-state index contributed by atoms with van der Waals surface area (Å²) in [6, 6.07) is 6.95. The molecular formula is C19H25NO4. The average Bonchev–Trinajstić information content (AvgIpc) is 2.52. The Hall–Kier alpha value is -2.30. The first-order chi connectivity index (χ1) is 11.4. The molecule has 24 heavy (non-hydrogen) atoms. The van der Waals surface area contributed by atoms with Gasteiger partial charge in [0.05, 0.1) is 0 Å². The quantitative estimate of drug-likeness (QED) is 0.791. The third-order valence-corrected chi connectivity index (χ3v) is 4.08. The van der Waals surface area contributed by atoms with E-state index in [9.17, 15) is 9.59 Å². The van der Waals surface area contributed by atoms with E-state index in [2.05, 4.69) is 12.2 Å². The van der Waals surface area contributed by atoms with Gasteiger partial charge < -0.3 is 14.5 Å². The van der Waals surface area contributed by atoms with Gasteiger partial charge in [-0.15, -0.1) is 0 Å². The van der Waals surface area contributed by atoms with Crippen LogP contribution < -0.4 is 15.7 Å². The fourth-order valence-electron chi connectivity index (χ4n) is 2.39. The Kier molecular flexibility index (Phi) is 6.01. The van der Waals surface area contributed by atoms with Gasteiger partial charge in [-0.25, -0.2) is 4.79 Å². The van der Waals surface area contributed by atoms with Crippen LogP contribution in [0.25, 0.3) is 11.0 Å². The highest BCUT2D eigenvalue weighted by Crippen LogP contribution is 2.23. The van der Waals surface area contributed by atoms with Gasteiger partial charge in [-0.05, 0) is 37.0 Å². The molecule has 0 radical (unpaired) electrons. The first-order valence-corrected chi connectivity index (χ1v) is 8.39. The molecule has 0 saturated heterocycles. The fourth-order valence-corrected chi connectivity index (χ4v) is 2.39. The number of fused-ring (bicyclic) bond motifs is 1. The predicted molar refractivity (Wildman–Crippen MR) is 94.4 cm³/mol. The number of carbonyl (C=O) groups is 1. The van der Waals surface area contributed by atoms with Crippen molar-refractivity contribution in [3.05, 3.63) is 40.2 Å². The van der Waals surface area contributed by atoms with Crippen LogP contribution in [0.4, 0.5) is 0 Å². The Morgan fingerprint density at radius 2 is 2.00 bits per heavy atom. The highest BCUT2D eigenvalue weighted by Gasteiger charge is 2.12. The summed E-state index contributed by atoms with van der Waals surface area (Å²) in [5.74, 6) is 0.699. The third-order valence-electron chi connectivity index (χ3n) is 4.08. The summed E-state index contributed by atoms with van der Waals surface area (Å²) < 4.78 is 10.8. The highest BCUT2D eigenvalue weighted by molar-refractivity contribution is 5.82. The number of rotatable bonds is 7. The molecule has 0 aliphatic rings. The van der Waals surface area contributed by atoms with E-state index in [0.29, 0.717) is 17.3 Å². The van der Waals surface area contributed by atoms with E-state index in [4.69, 9.17) is 9.15 Å². The predicted octanol–water partition coefficient (Wildman–Crippen LogP) is 3.29. The number of nitrogens with one attached hydrogen (secondary N) is 1. The van der Waals surface area contributed by atoms with E-state index in [1.54, 1.807) is 12.1 Å². The van der Waals surface area contributed by atoms with E-state index >= 15 is 0 Å². The van der Waals surface area contributed by atoms with Crippen molar-refractivity contribution >= 4 is 16.9 Å². The standard InChI is InChI=1S/C19H25NO4/c1-5-6-14-9-19(22)24-17-10-15(7-8-16(14)17)23-11-18(21)20-13(4)12(2)3/h7-10,12-13H,5-6,11H2,1-4H3,(H,20,21)/t13-/m1/s1. The van der Waals surface area contributed by atoms with E-state index < -0.39 is 0 Å². The lowest BCUT2D eigenvalue weighted by Gasteiger charge is -2.17. The lowest BCUT2D eigenvalue weighted by molar-refractivity contribution is -0.124. The molecule has 5 nitrogen and oxygen atoms in total. The number of hydrogen-bond acceptors (Lipinski definition) is 4. The van der Waals surface area contributed by atoms with Crippen LogP contribution in [0.15, 0.2) is 33.5 Å². The molecule has 1 atom stereocenters. The van der Waals surface area contributed by atoms with Crippen LogP contribution in [0.5, 0.6) is 5.75 Å². The normalized spacial score (nSPS) is 12.4. The maximum Gasteiger partial charge on any atom is 0.336 e. The van der Waals surface area contributed by atoms with Crippen LogP contribution >= 0.6 is 0 Å². The highest BCUT2D eigenvalue weighted by atomic mass is 16.5. The summed E-state index contributed by atoms with van der Waals surface area (Å²) in [4.78, 5) is 23.5. The maximum atomic E-state index is 11.9. The molecule has 1 N–H and O–H groups in total. The van der Waals surface area contributed by atoms with E-state index in [1.165, 1.54) is 6.07 Å². The number of benzene rings is 1. The van der Waals surface area contributed by atoms with Gasteiger partial charge in [0.2, 0.25) is 0 Å². The number of ether oxygens (including phenoxy) is 1.